The Bertz CT molecular complexity index is 431. The monoisotopic (exact) mass is 354 g/mol. The summed E-state index contributed by atoms with van der Waals surface area (Å²) in [5.41, 5.74) is 0. The second-order valence-corrected chi connectivity index (χ2v) is 8.32. The number of unbranched alkanes of at least 4 members (excludes halogenated alkanes) is 2. The summed E-state index contributed by atoms with van der Waals surface area (Å²) >= 11 is -2.82. The van der Waals surface area contributed by atoms with Crippen molar-refractivity contribution in [3.63, 3.8) is 0 Å². The molecule has 0 aromatic rings. The molecule has 1 heterocycles. The molecule has 0 N–H and O–H groups in total. The van der Waals surface area contributed by atoms with Gasteiger partial charge < -0.3 is 4.55 Å². The quantitative estimate of drug-likeness (QED) is 0.557. The number of hydrogen-bond donors (Lipinski definition) is 0. The van der Waals surface area contributed by atoms with Crippen molar-refractivity contribution < 1.29 is 17.2 Å². The van der Waals surface area contributed by atoms with Crippen LogP contribution in [-0.2, 0) is 21.5 Å². The molecule has 0 aromatic carbocycles. The minimum absolute atomic E-state index is 0.361. The molecule has 7 nitrogen and oxygen atoms in total. The molecule has 1 unspecified atom stereocenters. The van der Waals surface area contributed by atoms with Gasteiger partial charge >= 0.3 is 10.2 Å². The van der Waals surface area contributed by atoms with Crippen LogP contribution in [0.25, 0.3) is 0 Å². The van der Waals surface area contributed by atoms with Crippen molar-refractivity contribution in [2.75, 3.05) is 26.2 Å². The minimum atomic E-state index is -4.03. The molecule has 22 heavy (non-hydrogen) atoms. The Balaban J connectivity index is 2.96. The lowest BCUT2D eigenvalue weighted by atomic mass is 10.2. The summed E-state index contributed by atoms with van der Waals surface area (Å²) in [6, 6.07) is 0. The molecule has 0 amide bonds. The van der Waals surface area contributed by atoms with Gasteiger partial charge in [-0.05, 0) is 29.5 Å². The molecule has 1 atom stereocenters. The number of nitrogens with zero attached hydrogens (tertiary/aromatic N) is 3. The molecule has 9 heteroatoms. The highest BCUT2D eigenvalue weighted by atomic mass is 32.3. The maximum atomic E-state index is 12.8. The van der Waals surface area contributed by atoms with Gasteiger partial charge in [0.1, 0.15) is 0 Å². The number of piperidine rings is 1. The van der Waals surface area contributed by atoms with Crippen LogP contribution in [0.4, 0.5) is 0 Å². The number of rotatable bonds is 10. The second kappa shape index (κ2) is 9.94. The molecule has 0 aromatic heterocycles. The molecule has 1 aliphatic heterocycles. The first-order chi connectivity index (χ1) is 10.4. The lowest BCUT2D eigenvalue weighted by molar-refractivity contribution is 0.0974. The molecule has 0 spiro atoms. The summed E-state index contributed by atoms with van der Waals surface area (Å²) in [6.07, 6.45) is 5.81. The molecular formula is C13H28N3O4S2-. The van der Waals surface area contributed by atoms with E-state index >= 15 is 0 Å². The third kappa shape index (κ3) is 5.54. The standard InChI is InChI=1S/C13H29N3O4S2/c1-3-5-12-15(13-6-4-2)22(19,20)16(21(17)18)14-10-8-7-9-11-14/h3-13H2,1-2H3,(H,17,18)/p-1. The van der Waals surface area contributed by atoms with E-state index in [1.807, 2.05) is 13.8 Å². The zero-order valence-corrected chi connectivity index (χ0v) is 15.2. The van der Waals surface area contributed by atoms with Crippen LogP contribution in [0.1, 0.15) is 58.8 Å². The molecule has 1 rings (SSSR count). The van der Waals surface area contributed by atoms with E-state index in [9.17, 15) is 17.2 Å². The second-order valence-electron chi connectivity index (χ2n) is 5.55. The highest BCUT2D eigenvalue weighted by Gasteiger charge is 2.35. The number of hydrogen-bond acceptors (Lipinski definition) is 5. The fraction of sp³-hybridized carbons (Fsp3) is 1.00. The summed E-state index contributed by atoms with van der Waals surface area (Å²) in [4.78, 5) is 0. The van der Waals surface area contributed by atoms with Crippen molar-refractivity contribution in [1.29, 1.82) is 0 Å². The van der Waals surface area contributed by atoms with Crippen molar-refractivity contribution >= 4 is 21.5 Å². The van der Waals surface area contributed by atoms with Crippen LogP contribution >= 0.6 is 0 Å². The van der Waals surface area contributed by atoms with Crippen molar-refractivity contribution in [2.24, 2.45) is 0 Å². The Morgan fingerprint density at radius 3 is 1.95 bits per heavy atom. The van der Waals surface area contributed by atoms with E-state index in [1.54, 1.807) is 0 Å². The Morgan fingerprint density at radius 1 is 1.05 bits per heavy atom. The van der Waals surface area contributed by atoms with Crippen LogP contribution in [-0.4, -0.2) is 56.5 Å². The first-order valence-electron chi connectivity index (χ1n) is 8.09. The predicted molar refractivity (Wildman–Crippen MR) is 86.5 cm³/mol. The molecule has 0 saturated carbocycles. The van der Waals surface area contributed by atoms with Crippen LogP contribution in [0.5, 0.6) is 0 Å². The average Bonchev–Trinajstić information content (AvgIpc) is 2.47. The third-order valence-electron chi connectivity index (χ3n) is 3.74. The molecule has 1 fully saturated rings. The zero-order chi connectivity index (χ0) is 16.6. The summed E-state index contributed by atoms with van der Waals surface area (Å²) in [5, 5.41) is 1.44. The van der Waals surface area contributed by atoms with Crippen LogP contribution in [0.15, 0.2) is 0 Å². The highest BCUT2D eigenvalue weighted by Crippen LogP contribution is 2.20. The fourth-order valence-electron chi connectivity index (χ4n) is 2.47. The third-order valence-corrected chi connectivity index (χ3v) is 6.80. The van der Waals surface area contributed by atoms with E-state index < -0.39 is 21.5 Å². The van der Waals surface area contributed by atoms with E-state index in [0.717, 1.165) is 44.9 Å². The molecule has 0 bridgehead atoms. The minimum Gasteiger partial charge on any atom is -0.758 e. The van der Waals surface area contributed by atoms with Gasteiger partial charge in [-0.25, -0.2) is 5.01 Å². The largest absolute Gasteiger partial charge is 0.758 e. The highest BCUT2D eigenvalue weighted by molar-refractivity contribution is 7.97. The van der Waals surface area contributed by atoms with Gasteiger partial charge in [0.2, 0.25) is 0 Å². The topological polar surface area (TPSA) is 84.0 Å². The van der Waals surface area contributed by atoms with Gasteiger partial charge in [0.05, 0.1) is 11.3 Å². The molecule has 132 valence electrons. The molecule has 0 radical (unpaired) electrons. The average molecular weight is 355 g/mol. The van der Waals surface area contributed by atoms with Crippen molar-refractivity contribution in [2.45, 2.75) is 58.8 Å². The molecule has 1 saturated heterocycles. The van der Waals surface area contributed by atoms with Crippen LogP contribution < -0.4 is 0 Å². The molecular weight excluding hydrogens is 326 g/mol. The van der Waals surface area contributed by atoms with Crippen LogP contribution in [0, 0.1) is 0 Å². The van der Waals surface area contributed by atoms with Gasteiger partial charge in [0, 0.05) is 26.2 Å². The van der Waals surface area contributed by atoms with E-state index in [1.165, 1.54) is 9.31 Å². The maximum Gasteiger partial charge on any atom is 0.306 e. The van der Waals surface area contributed by atoms with E-state index in [2.05, 4.69) is 0 Å². The van der Waals surface area contributed by atoms with Crippen LogP contribution in [0.3, 0.4) is 0 Å². The van der Waals surface area contributed by atoms with E-state index in [-0.39, 0.29) is 0 Å². The van der Waals surface area contributed by atoms with E-state index in [4.69, 9.17) is 0 Å². The Hall–Kier alpha value is -0.0600. The lowest BCUT2D eigenvalue weighted by Gasteiger charge is -2.39. The predicted octanol–water partition coefficient (Wildman–Crippen LogP) is 1.63. The first-order valence-corrected chi connectivity index (χ1v) is 10.5. The maximum absolute atomic E-state index is 12.8. The summed E-state index contributed by atoms with van der Waals surface area (Å²) < 4.78 is 50.6. The van der Waals surface area contributed by atoms with Gasteiger partial charge in [0.15, 0.2) is 0 Å². The first kappa shape index (κ1) is 20.0. The van der Waals surface area contributed by atoms with Crippen molar-refractivity contribution in [1.82, 2.24) is 13.1 Å². The lowest BCUT2D eigenvalue weighted by Crippen LogP contribution is -2.54. The van der Waals surface area contributed by atoms with Crippen molar-refractivity contribution in [3.05, 3.63) is 0 Å². The number of hydrazine groups is 1. The van der Waals surface area contributed by atoms with Gasteiger partial charge in [-0.2, -0.15) is 12.7 Å². The molecule has 0 aliphatic carbocycles. The fourth-order valence-corrected chi connectivity index (χ4v) is 5.09. The van der Waals surface area contributed by atoms with Gasteiger partial charge in [-0.15, -0.1) is 0 Å². The Morgan fingerprint density at radius 2 is 1.55 bits per heavy atom. The SMILES string of the molecule is CCCCN(CCCC)S(=O)(=O)N(N1CCCCC1)S(=O)[O-]. The normalized spacial score (nSPS) is 19.0. The van der Waals surface area contributed by atoms with Crippen LogP contribution in [0.2, 0.25) is 0 Å². The van der Waals surface area contributed by atoms with Gasteiger partial charge in [-0.3, -0.25) is 4.21 Å². The van der Waals surface area contributed by atoms with E-state index in [0.29, 0.717) is 30.0 Å². The summed E-state index contributed by atoms with van der Waals surface area (Å²) in [7, 11) is -4.03. The Labute approximate surface area is 137 Å². The van der Waals surface area contributed by atoms with Gasteiger partial charge in [-0.1, -0.05) is 33.1 Å². The smallest absolute Gasteiger partial charge is 0.306 e. The Kier molecular flexibility index (Phi) is 9.03. The van der Waals surface area contributed by atoms with Gasteiger partial charge in [0.25, 0.3) is 0 Å². The van der Waals surface area contributed by atoms with Crippen molar-refractivity contribution in [3.8, 4) is 0 Å². The summed E-state index contributed by atoms with van der Waals surface area (Å²) in [6.45, 7) is 5.61. The molecule has 1 aliphatic rings. The zero-order valence-electron chi connectivity index (χ0n) is 13.6. The summed E-state index contributed by atoms with van der Waals surface area (Å²) in [5.74, 6) is 0.